The van der Waals surface area contributed by atoms with E-state index in [0.717, 1.165) is 35.4 Å². The van der Waals surface area contributed by atoms with E-state index in [1.54, 1.807) is 23.2 Å². The standard InChI is InChI=1S/C46H44N10O4/c1-29(24-55-28-50-35(40(55)46(2,3)4)23-37-44(58)51-36(43(57)52-37)22-30-12-7-5-8-13-30)45(59)54-21-11-14-31(25-54)26-56-42-38(41(47)48-27-49-42)39(53-56)32-17-19-34(20-18-32)60-33-15-9-6-10-16-33/h5-10,12-13,15-20,22-23,26-28,31H,1,11,14,21,24-25H2,2-4H3,(H3-,47,48,49,51,52,53,57,58)/p+1/b36-22-,37-23-,56-26+. The molecule has 1 unspecified atom stereocenters. The number of aromatic amines is 2. The molecule has 3 aromatic heterocycles. The number of nitrogens with two attached hydrogens (primary N) is 1. The van der Waals surface area contributed by atoms with Crippen LogP contribution in [0.25, 0.3) is 12.2 Å². The Hall–Kier alpha value is -7.48. The Labute approximate surface area is 345 Å². The van der Waals surface area contributed by atoms with Gasteiger partial charge >= 0.3 is 5.82 Å². The lowest BCUT2D eigenvalue weighted by atomic mass is 9.90. The lowest BCUT2D eigenvalue weighted by molar-refractivity contribution is -0.442. The maximum absolute atomic E-state index is 14.0. The molecule has 1 amide bonds. The van der Waals surface area contributed by atoms with Crippen LogP contribution in [0.4, 0.5) is 11.6 Å². The molecule has 5 heterocycles. The van der Waals surface area contributed by atoms with Crippen molar-refractivity contribution in [2.24, 2.45) is 11.0 Å². The number of H-pyrrole nitrogens is 2. The number of ether oxygens (including phenoxy) is 1. The number of nitrogens with one attached hydrogen (secondary N) is 2. The zero-order valence-corrected chi connectivity index (χ0v) is 33.6. The number of hydrazone groups is 1. The highest BCUT2D eigenvalue weighted by Crippen LogP contribution is 2.32. The van der Waals surface area contributed by atoms with Crippen molar-refractivity contribution in [2.45, 2.75) is 45.6 Å². The molecule has 302 valence electrons. The summed E-state index contributed by atoms with van der Waals surface area (Å²) in [5.41, 5.74) is 9.65. The van der Waals surface area contributed by atoms with E-state index in [1.807, 2.05) is 121 Å². The Balaban J connectivity index is 0.999. The second-order valence-corrected chi connectivity index (χ2v) is 15.9. The molecule has 1 atom stereocenters. The number of para-hydroxylation sites is 1. The Morgan fingerprint density at radius 1 is 0.917 bits per heavy atom. The number of piperidine rings is 1. The summed E-state index contributed by atoms with van der Waals surface area (Å²) < 4.78 is 9.61. The number of carbonyl (C=O) groups excluding carboxylic acids is 1. The summed E-state index contributed by atoms with van der Waals surface area (Å²) in [7, 11) is 0. The summed E-state index contributed by atoms with van der Waals surface area (Å²) in [6, 6.07) is 26.5. The van der Waals surface area contributed by atoms with Crippen LogP contribution in [0.5, 0.6) is 11.5 Å². The van der Waals surface area contributed by atoms with Crippen molar-refractivity contribution in [1.82, 2.24) is 34.4 Å². The van der Waals surface area contributed by atoms with Gasteiger partial charge in [-0.05, 0) is 71.9 Å². The molecule has 0 saturated carbocycles. The third kappa shape index (κ3) is 8.39. The number of hydrogen-bond acceptors (Lipinski definition) is 9. The molecule has 6 aromatic rings. The van der Waals surface area contributed by atoms with E-state index in [1.165, 1.54) is 6.33 Å². The van der Waals surface area contributed by atoms with Gasteiger partial charge in [0.2, 0.25) is 6.33 Å². The minimum atomic E-state index is -0.458. The maximum Gasteiger partial charge on any atom is 0.363 e. The number of imidazole rings is 1. The number of hydrogen-bond donors (Lipinski definition) is 3. The van der Waals surface area contributed by atoms with Crippen LogP contribution in [0.3, 0.4) is 0 Å². The molecule has 4 N–H and O–H groups in total. The number of carbonyl (C=O) groups is 1. The number of likely N-dealkylation sites (tertiary alicyclic amines) is 1. The molecular formula is C46H45N10O4+. The van der Waals surface area contributed by atoms with E-state index in [0.29, 0.717) is 53.0 Å². The van der Waals surface area contributed by atoms with Gasteiger partial charge in [-0.25, -0.2) is 4.98 Å². The molecule has 2 aliphatic rings. The fourth-order valence-electron chi connectivity index (χ4n) is 7.61. The van der Waals surface area contributed by atoms with E-state index in [4.69, 9.17) is 15.6 Å². The topological polar surface area (TPSA) is 180 Å². The highest BCUT2D eigenvalue weighted by Gasteiger charge is 2.35. The predicted molar refractivity (Wildman–Crippen MR) is 231 cm³/mol. The van der Waals surface area contributed by atoms with Crippen LogP contribution in [0.2, 0.25) is 0 Å². The van der Waals surface area contributed by atoms with Crippen molar-refractivity contribution >= 4 is 41.6 Å². The molecule has 0 radical (unpaired) electrons. The monoisotopic (exact) mass is 801 g/mol. The van der Waals surface area contributed by atoms with E-state index in [9.17, 15) is 14.4 Å². The molecule has 0 aliphatic carbocycles. The SMILES string of the molecule is C=C(Cn1cnc(/C=c2\[nH]c(=O)/c(=C/c3ccccc3)[nH]c2=O)c1C(C)(C)C)C(=O)N1CCCC(/C=[N+]2/N=C(c3ccc(Oc4ccccc4)cc3)c3c(N)ncnc32)C1. The minimum Gasteiger partial charge on any atom is -0.457 e. The van der Waals surface area contributed by atoms with Gasteiger partial charge in [-0.1, -0.05) is 81.0 Å². The average molecular weight is 802 g/mol. The van der Waals surface area contributed by atoms with Gasteiger partial charge in [0.25, 0.3) is 17.0 Å². The summed E-state index contributed by atoms with van der Waals surface area (Å²) >= 11 is 0. The van der Waals surface area contributed by atoms with Gasteiger partial charge in [-0.15, -0.1) is 4.68 Å². The van der Waals surface area contributed by atoms with Crippen molar-refractivity contribution in [2.75, 3.05) is 18.8 Å². The van der Waals surface area contributed by atoms with E-state index in [2.05, 4.69) is 31.5 Å². The Bertz CT molecular complexity index is 2910. The van der Waals surface area contributed by atoms with Crippen molar-refractivity contribution in [3.8, 4) is 11.5 Å². The van der Waals surface area contributed by atoms with Crippen LogP contribution in [0.1, 0.15) is 61.7 Å². The molecule has 14 heteroatoms. The third-order valence-corrected chi connectivity index (χ3v) is 10.3. The maximum atomic E-state index is 14.0. The lowest BCUT2D eigenvalue weighted by Crippen LogP contribution is -2.46. The van der Waals surface area contributed by atoms with Gasteiger partial charge in [0.1, 0.15) is 45.5 Å². The number of fused-ring (bicyclic) bond motifs is 1. The van der Waals surface area contributed by atoms with Crippen molar-refractivity contribution < 1.29 is 14.2 Å². The number of rotatable bonds is 9. The third-order valence-electron chi connectivity index (χ3n) is 10.3. The summed E-state index contributed by atoms with van der Waals surface area (Å²) in [5.74, 6) is 2.14. The van der Waals surface area contributed by atoms with Gasteiger partial charge in [0.05, 0.1) is 24.3 Å². The highest BCUT2D eigenvalue weighted by atomic mass is 16.5. The molecule has 3 aromatic carbocycles. The zero-order valence-electron chi connectivity index (χ0n) is 33.6. The molecule has 0 bridgehead atoms. The molecule has 8 rings (SSSR count). The average Bonchev–Trinajstić information content (AvgIpc) is 3.82. The first-order valence-electron chi connectivity index (χ1n) is 19.7. The summed E-state index contributed by atoms with van der Waals surface area (Å²) in [5, 5.41) is 5.17. The fraction of sp³-hybridized carbons (Fsp3) is 0.217. The Morgan fingerprint density at radius 3 is 2.28 bits per heavy atom. The molecular weight excluding hydrogens is 757 g/mol. The van der Waals surface area contributed by atoms with Gasteiger partial charge in [0.15, 0.2) is 0 Å². The highest BCUT2D eigenvalue weighted by molar-refractivity contribution is 6.18. The van der Waals surface area contributed by atoms with E-state index < -0.39 is 16.5 Å². The van der Waals surface area contributed by atoms with Crippen LogP contribution < -0.4 is 32.3 Å². The lowest BCUT2D eigenvalue weighted by Gasteiger charge is -2.31. The van der Waals surface area contributed by atoms with Gasteiger partial charge in [-0.3, -0.25) is 14.4 Å². The van der Waals surface area contributed by atoms with Crippen LogP contribution in [-0.2, 0) is 16.8 Å². The number of nitrogen functional groups attached to an aromatic ring is 1. The van der Waals surface area contributed by atoms with Crippen molar-refractivity contribution in [3.05, 3.63) is 169 Å². The van der Waals surface area contributed by atoms with Crippen LogP contribution in [0, 0.1) is 5.92 Å². The molecule has 14 nitrogen and oxygen atoms in total. The van der Waals surface area contributed by atoms with E-state index >= 15 is 0 Å². The first kappa shape index (κ1) is 39.4. The normalized spacial score (nSPS) is 16.5. The fourth-order valence-corrected chi connectivity index (χ4v) is 7.61. The van der Waals surface area contributed by atoms with Crippen molar-refractivity contribution in [3.63, 3.8) is 0 Å². The summed E-state index contributed by atoms with van der Waals surface area (Å²) in [6.45, 7) is 11.5. The van der Waals surface area contributed by atoms with Crippen LogP contribution in [-0.4, -0.2) is 70.0 Å². The molecule has 1 saturated heterocycles. The second kappa shape index (κ2) is 16.4. The molecule has 1 fully saturated rings. The Kier molecular flexibility index (Phi) is 10.8. The summed E-state index contributed by atoms with van der Waals surface area (Å²) in [4.78, 5) is 60.8. The molecule has 0 spiro atoms. The molecule has 60 heavy (non-hydrogen) atoms. The van der Waals surface area contributed by atoms with Crippen molar-refractivity contribution in [1.29, 1.82) is 0 Å². The van der Waals surface area contributed by atoms with Gasteiger partial charge in [-0.2, -0.15) is 4.98 Å². The number of benzene rings is 3. The first-order valence-corrected chi connectivity index (χ1v) is 19.7. The van der Waals surface area contributed by atoms with Gasteiger partial charge in [0, 0.05) is 35.6 Å². The number of nitrogens with zero attached hydrogens (tertiary/aromatic N) is 7. The van der Waals surface area contributed by atoms with Gasteiger partial charge < -0.3 is 29.9 Å². The number of amides is 1. The zero-order chi connectivity index (χ0) is 42.0. The first-order chi connectivity index (χ1) is 28.9. The second-order valence-electron chi connectivity index (χ2n) is 15.9. The molecule has 2 aliphatic heterocycles. The quantitative estimate of drug-likeness (QED) is 0.143. The largest absolute Gasteiger partial charge is 0.457 e. The van der Waals surface area contributed by atoms with Crippen LogP contribution >= 0.6 is 0 Å². The number of anilines is 1. The van der Waals surface area contributed by atoms with E-state index in [-0.39, 0.29) is 29.1 Å². The Morgan fingerprint density at radius 2 is 1.58 bits per heavy atom. The van der Waals surface area contributed by atoms with Crippen LogP contribution in [0.15, 0.2) is 124 Å². The number of aromatic nitrogens is 6. The predicted octanol–water partition coefficient (Wildman–Crippen LogP) is 4.36. The summed E-state index contributed by atoms with van der Waals surface area (Å²) in [6.07, 6.45) is 9.89. The minimum absolute atomic E-state index is 0.0270. The smallest absolute Gasteiger partial charge is 0.363 e.